The Morgan fingerprint density at radius 1 is 1.00 bits per heavy atom. The molecule has 128 valence electrons. The van der Waals surface area contributed by atoms with Crippen LogP contribution in [0.5, 0.6) is 11.5 Å². The number of methoxy groups -OCH3 is 1. The van der Waals surface area contributed by atoms with E-state index < -0.39 is 0 Å². The predicted octanol–water partition coefficient (Wildman–Crippen LogP) is 3.18. The second-order valence-electron chi connectivity index (χ2n) is 5.26. The first-order valence-electron chi connectivity index (χ1n) is 8.07. The van der Waals surface area contributed by atoms with Crippen molar-refractivity contribution in [2.75, 3.05) is 27.3 Å². The Bertz CT molecular complexity index is 630. The summed E-state index contributed by atoms with van der Waals surface area (Å²) in [6.07, 6.45) is 0.942. The van der Waals surface area contributed by atoms with E-state index in [1.807, 2.05) is 48.5 Å². The Kier molecular flexibility index (Phi) is 7.63. The Labute approximate surface area is 143 Å². The zero-order valence-corrected chi connectivity index (χ0v) is 14.3. The molecular formula is C19H25N3O2. The number of rotatable bonds is 8. The number of guanidine groups is 1. The molecule has 2 aromatic rings. The van der Waals surface area contributed by atoms with Crippen LogP contribution in [-0.2, 0) is 11.3 Å². The molecule has 5 nitrogen and oxygen atoms in total. The van der Waals surface area contributed by atoms with Crippen molar-refractivity contribution in [2.24, 2.45) is 4.99 Å². The third kappa shape index (κ3) is 6.30. The van der Waals surface area contributed by atoms with Gasteiger partial charge in [0.25, 0.3) is 0 Å². The smallest absolute Gasteiger partial charge is 0.191 e. The first-order chi connectivity index (χ1) is 11.8. The average Bonchev–Trinajstić information content (AvgIpc) is 2.62. The summed E-state index contributed by atoms with van der Waals surface area (Å²) in [6.45, 7) is 2.24. The molecule has 0 saturated heterocycles. The Morgan fingerprint density at radius 3 is 2.54 bits per heavy atom. The molecule has 24 heavy (non-hydrogen) atoms. The largest absolute Gasteiger partial charge is 0.457 e. The number of aliphatic imine (C=N–C) groups is 1. The van der Waals surface area contributed by atoms with Crippen LogP contribution in [0.2, 0.25) is 0 Å². The normalized spacial score (nSPS) is 11.2. The maximum absolute atomic E-state index is 5.86. The Balaban J connectivity index is 1.85. The SMILES string of the molecule is CN=C(NCCCOC)NCc1cccc(Oc2ccccc2)c1. The van der Waals surface area contributed by atoms with Crippen LogP contribution in [-0.4, -0.2) is 33.3 Å². The number of nitrogens with one attached hydrogen (secondary N) is 2. The lowest BCUT2D eigenvalue weighted by atomic mass is 10.2. The summed E-state index contributed by atoms with van der Waals surface area (Å²) in [7, 11) is 3.47. The third-order valence-corrected chi connectivity index (χ3v) is 3.38. The van der Waals surface area contributed by atoms with Crippen LogP contribution < -0.4 is 15.4 Å². The number of nitrogens with zero attached hydrogens (tertiary/aromatic N) is 1. The minimum absolute atomic E-state index is 0.677. The third-order valence-electron chi connectivity index (χ3n) is 3.38. The van der Waals surface area contributed by atoms with Crippen molar-refractivity contribution in [2.45, 2.75) is 13.0 Å². The van der Waals surface area contributed by atoms with Gasteiger partial charge in [0.15, 0.2) is 5.96 Å². The fraction of sp³-hybridized carbons (Fsp3) is 0.316. The van der Waals surface area contributed by atoms with E-state index in [1.165, 1.54) is 0 Å². The second-order valence-corrected chi connectivity index (χ2v) is 5.26. The second kappa shape index (κ2) is 10.3. The predicted molar refractivity (Wildman–Crippen MR) is 97.7 cm³/mol. The van der Waals surface area contributed by atoms with Crippen molar-refractivity contribution in [1.29, 1.82) is 0 Å². The number of ether oxygens (including phenoxy) is 2. The molecule has 0 fully saturated rings. The van der Waals surface area contributed by atoms with Gasteiger partial charge in [-0.1, -0.05) is 30.3 Å². The number of para-hydroxylation sites is 1. The lowest BCUT2D eigenvalue weighted by molar-refractivity contribution is 0.195. The molecular weight excluding hydrogens is 302 g/mol. The lowest BCUT2D eigenvalue weighted by Gasteiger charge is -2.12. The summed E-state index contributed by atoms with van der Waals surface area (Å²) in [5, 5.41) is 6.55. The molecule has 5 heteroatoms. The van der Waals surface area contributed by atoms with E-state index in [1.54, 1.807) is 14.2 Å². The van der Waals surface area contributed by atoms with Crippen LogP contribution in [0.4, 0.5) is 0 Å². The summed E-state index contributed by atoms with van der Waals surface area (Å²) < 4.78 is 10.9. The lowest BCUT2D eigenvalue weighted by Crippen LogP contribution is -2.37. The number of hydrogen-bond acceptors (Lipinski definition) is 3. The molecule has 0 amide bonds. The summed E-state index contributed by atoms with van der Waals surface area (Å²) in [5.41, 5.74) is 1.13. The highest BCUT2D eigenvalue weighted by Gasteiger charge is 2.01. The highest BCUT2D eigenvalue weighted by atomic mass is 16.5. The Morgan fingerprint density at radius 2 is 1.79 bits per heavy atom. The molecule has 2 N–H and O–H groups in total. The summed E-state index contributed by atoms with van der Waals surface area (Å²) in [5.74, 6) is 2.43. The molecule has 0 heterocycles. The summed E-state index contributed by atoms with van der Waals surface area (Å²) in [4.78, 5) is 4.21. The van der Waals surface area contributed by atoms with E-state index in [0.29, 0.717) is 6.54 Å². The van der Waals surface area contributed by atoms with Gasteiger partial charge in [-0.2, -0.15) is 0 Å². The maximum atomic E-state index is 5.86. The zero-order chi connectivity index (χ0) is 17.0. The van der Waals surface area contributed by atoms with Gasteiger partial charge in [-0.15, -0.1) is 0 Å². The number of benzene rings is 2. The van der Waals surface area contributed by atoms with Gasteiger partial charge < -0.3 is 20.1 Å². The van der Waals surface area contributed by atoms with Crippen LogP contribution >= 0.6 is 0 Å². The van der Waals surface area contributed by atoms with Crippen LogP contribution in [0, 0.1) is 0 Å². The molecule has 0 aliphatic heterocycles. The molecule has 2 rings (SSSR count). The standard InChI is InChI=1S/C19H25N3O2/c1-20-19(21-12-7-13-23-2)22-15-16-8-6-11-18(14-16)24-17-9-4-3-5-10-17/h3-6,8-11,14H,7,12-13,15H2,1-2H3,(H2,20,21,22). The highest BCUT2D eigenvalue weighted by molar-refractivity contribution is 5.79. The van der Waals surface area contributed by atoms with E-state index in [9.17, 15) is 0 Å². The van der Waals surface area contributed by atoms with Gasteiger partial charge in [0.1, 0.15) is 11.5 Å². The van der Waals surface area contributed by atoms with E-state index in [4.69, 9.17) is 9.47 Å². The van der Waals surface area contributed by atoms with E-state index in [2.05, 4.69) is 21.7 Å². The molecule has 0 aliphatic carbocycles. The van der Waals surface area contributed by atoms with Crippen LogP contribution in [0.3, 0.4) is 0 Å². The van der Waals surface area contributed by atoms with Crippen molar-refractivity contribution >= 4 is 5.96 Å². The van der Waals surface area contributed by atoms with E-state index in [0.717, 1.165) is 42.6 Å². The zero-order valence-electron chi connectivity index (χ0n) is 14.3. The highest BCUT2D eigenvalue weighted by Crippen LogP contribution is 2.21. The Hall–Kier alpha value is -2.53. The fourth-order valence-electron chi connectivity index (χ4n) is 2.17. The molecule has 0 saturated carbocycles. The molecule has 0 bridgehead atoms. The quantitative estimate of drug-likeness (QED) is 0.444. The first kappa shape index (κ1) is 17.8. The van der Waals surface area contributed by atoms with Crippen LogP contribution in [0.1, 0.15) is 12.0 Å². The first-order valence-corrected chi connectivity index (χ1v) is 8.07. The minimum Gasteiger partial charge on any atom is -0.457 e. The van der Waals surface area contributed by atoms with Crippen molar-refractivity contribution in [3.8, 4) is 11.5 Å². The molecule has 2 aromatic carbocycles. The van der Waals surface area contributed by atoms with Gasteiger partial charge in [-0.05, 0) is 36.2 Å². The molecule has 0 aromatic heterocycles. The van der Waals surface area contributed by atoms with Gasteiger partial charge >= 0.3 is 0 Å². The molecule has 0 aliphatic rings. The van der Waals surface area contributed by atoms with Gasteiger partial charge in [0.2, 0.25) is 0 Å². The maximum Gasteiger partial charge on any atom is 0.191 e. The molecule has 0 radical (unpaired) electrons. The van der Waals surface area contributed by atoms with Crippen molar-refractivity contribution in [1.82, 2.24) is 10.6 Å². The topological polar surface area (TPSA) is 54.9 Å². The van der Waals surface area contributed by atoms with Crippen LogP contribution in [0.15, 0.2) is 59.6 Å². The number of hydrogen-bond donors (Lipinski definition) is 2. The van der Waals surface area contributed by atoms with Gasteiger partial charge in [-0.3, -0.25) is 4.99 Å². The van der Waals surface area contributed by atoms with Gasteiger partial charge in [0.05, 0.1) is 0 Å². The van der Waals surface area contributed by atoms with Gasteiger partial charge in [-0.25, -0.2) is 0 Å². The fourth-order valence-corrected chi connectivity index (χ4v) is 2.17. The van der Waals surface area contributed by atoms with Crippen LogP contribution in [0.25, 0.3) is 0 Å². The van der Waals surface area contributed by atoms with Gasteiger partial charge in [0, 0.05) is 33.9 Å². The van der Waals surface area contributed by atoms with Crippen molar-refractivity contribution in [3.63, 3.8) is 0 Å². The monoisotopic (exact) mass is 327 g/mol. The average molecular weight is 327 g/mol. The van der Waals surface area contributed by atoms with Crippen molar-refractivity contribution in [3.05, 3.63) is 60.2 Å². The van der Waals surface area contributed by atoms with E-state index in [-0.39, 0.29) is 0 Å². The summed E-state index contributed by atoms with van der Waals surface area (Å²) >= 11 is 0. The summed E-state index contributed by atoms with van der Waals surface area (Å²) in [6, 6.07) is 17.8. The molecule has 0 unspecified atom stereocenters. The molecule has 0 atom stereocenters. The minimum atomic E-state index is 0.677. The van der Waals surface area contributed by atoms with Crippen molar-refractivity contribution < 1.29 is 9.47 Å². The van der Waals surface area contributed by atoms with E-state index >= 15 is 0 Å². The molecule has 0 spiro atoms.